The van der Waals surface area contributed by atoms with Gasteiger partial charge in [-0.25, -0.2) is 0 Å². The van der Waals surface area contributed by atoms with E-state index in [1.165, 1.54) is 95.3 Å². The molecule has 0 spiro atoms. The van der Waals surface area contributed by atoms with Gasteiger partial charge in [0, 0.05) is 19.6 Å². The molecule has 1 fully saturated rings. The van der Waals surface area contributed by atoms with E-state index in [4.69, 9.17) is 22.9 Å². The number of unbranched alkanes of at least 4 members (excludes halogenated alkanes) is 16. The normalized spacial score (nSPS) is 16.4. The minimum absolute atomic E-state index is 0.0406. The number of rotatable bonds is 32. The van der Waals surface area contributed by atoms with Crippen LogP contribution in [0.15, 0.2) is 4.99 Å². The largest absolute Gasteiger partial charge is 0.391 e. The molecule has 1 rings (SSSR count). The summed E-state index contributed by atoms with van der Waals surface area (Å²) in [4.78, 5) is 58.8. The summed E-state index contributed by atoms with van der Waals surface area (Å²) in [6.07, 6.45) is 22.7. The second-order valence-electron chi connectivity index (χ2n) is 14.9. The number of likely N-dealkylation sites (tertiary alicyclic amines) is 1. The summed E-state index contributed by atoms with van der Waals surface area (Å²) < 4.78 is 0. The number of nitrogens with zero attached hydrogens (tertiary/aromatic N) is 2. The summed E-state index contributed by atoms with van der Waals surface area (Å²) in [5.74, 6) is -1.79. The summed E-state index contributed by atoms with van der Waals surface area (Å²) in [5.41, 5.74) is 22.4. The van der Waals surface area contributed by atoms with E-state index in [-0.39, 0.29) is 11.9 Å². The van der Waals surface area contributed by atoms with Crippen LogP contribution in [-0.2, 0) is 19.2 Å². The van der Waals surface area contributed by atoms with Crippen LogP contribution in [-0.4, -0.2) is 96.0 Å². The predicted molar refractivity (Wildman–Crippen MR) is 214 cm³/mol. The molecule has 308 valence electrons. The van der Waals surface area contributed by atoms with Crippen LogP contribution in [0.25, 0.3) is 0 Å². The van der Waals surface area contributed by atoms with Crippen LogP contribution in [0.1, 0.15) is 162 Å². The van der Waals surface area contributed by atoms with Gasteiger partial charge in [0.25, 0.3) is 0 Å². The Kier molecular flexibility index (Phi) is 27.5. The van der Waals surface area contributed by atoms with E-state index in [2.05, 4.69) is 27.9 Å². The van der Waals surface area contributed by atoms with Gasteiger partial charge in [0.1, 0.15) is 24.2 Å². The second kappa shape index (κ2) is 30.4. The van der Waals surface area contributed by atoms with Crippen molar-refractivity contribution in [1.29, 1.82) is 0 Å². The maximum atomic E-state index is 13.7. The Morgan fingerprint density at radius 3 is 1.83 bits per heavy atom. The van der Waals surface area contributed by atoms with Gasteiger partial charge < -0.3 is 48.9 Å². The van der Waals surface area contributed by atoms with E-state index in [0.29, 0.717) is 71.1 Å². The van der Waals surface area contributed by atoms with Crippen molar-refractivity contribution >= 4 is 29.6 Å². The Morgan fingerprint density at radius 2 is 1.30 bits per heavy atom. The van der Waals surface area contributed by atoms with Crippen LogP contribution in [0, 0.1) is 0 Å². The molecule has 53 heavy (non-hydrogen) atoms. The fraction of sp³-hybridized carbons (Fsp3) is 0.872. The molecule has 0 saturated carbocycles. The van der Waals surface area contributed by atoms with Crippen molar-refractivity contribution in [2.45, 2.75) is 192 Å². The number of aliphatic imine (C=N–C) groups is 1. The molecule has 1 heterocycles. The summed E-state index contributed by atoms with van der Waals surface area (Å²) >= 11 is 0. The van der Waals surface area contributed by atoms with Crippen molar-refractivity contribution in [3.8, 4) is 0 Å². The molecular weight excluding hydrogens is 674 g/mol. The molecule has 0 aromatic rings. The van der Waals surface area contributed by atoms with Crippen molar-refractivity contribution < 1.29 is 24.3 Å². The molecule has 0 unspecified atom stereocenters. The highest BCUT2D eigenvalue weighted by molar-refractivity contribution is 5.95. The number of nitrogens with two attached hydrogens (primary N) is 4. The topological polar surface area (TPSA) is 244 Å². The number of aliphatic hydroxyl groups excluding tert-OH is 1. The number of carbonyl (C=O) groups is 4. The molecule has 0 aliphatic carbocycles. The Bertz CT molecular complexity index is 1040. The van der Waals surface area contributed by atoms with Gasteiger partial charge in [0.05, 0.1) is 6.10 Å². The minimum atomic E-state index is -1.20. The van der Waals surface area contributed by atoms with Crippen molar-refractivity contribution in [2.75, 3.05) is 26.2 Å². The highest BCUT2D eigenvalue weighted by Gasteiger charge is 2.39. The third-order valence-electron chi connectivity index (χ3n) is 10.1. The van der Waals surface area contributed by atoms with Crippen molar-refractivity contribution in [2.24, 2.45) is 27.9 Å². The van der Waals surface area contributed by atoms with Gasteiger partial charge in [-0.05, 0) is 64.8 Å². The third kappa shape index (κ3) is 22.1. The van der Waals surface area contributed by atoms with Gasteiger partial charge in [-0.15, -0.1) is 0 Å². The van der Waals surface area contributed by atoms with Gasteiger partial charge in [-0.3, -0.25) is 24.2 Å². The van der Waals surface area contributed by atoms with Crippen LogP contribution < -0.4 is 38.9 Å². The first-order valence-electron chi connectivity index (χ1n) is 20.9. The zero-order valence-corrected chi connectivity index (χ0v) is 33.3. The Balaban J connectivity index is 2.60. The van der Waals surface area contributed by atoms with Crippen LogP contribution in [0.2, 0.25) is 0 Å². The number of guanidine groups is 1. The molecule has 1 aliphatic rings. The zero-order valence-electron chi connectivity index (χ0n) is 33.3. The lowest BCUT2D eigenvalue weighted by atomic mass is 10.0. The van der Waals surface area contributed by atoms with Crippen molar-refractivity contribution in [3.63, 3.8) is 0 Å². The average Bonchev–Trinajstić information content (AvgIpc) is 3.63. The van der Waals surface area contributed by atoms with Crippen molar-refractivity contribution in [3.05, 3.63) is 0 Å². The van der Waals surface area contributed by atoms with E-state index < -0.39 is 48.0 Å². The maximum Gasteiger partial charge on any atom is 0.245 e. The van der Waals surface area contributed by atoms with Gasteiger partial charge in [0.15, 0.2) is 5.96 Å². The lowest BCUT2D eigenvalue weighted by Gasteiger charge is -2.30. The van der Waals surface area contributed by atoms with Crippen LogP contribution in [0.5, 0.6) is 0 Å². The number of aliphatic hydroxyl groups is 1. The van der Waals surface area contributed by atoms with E-state index in [0.717, 1.165) is 19.3 Å². The van der Waals surface area contributed by atoms with E-state index >= 15 is 0 Å². The molecule has 0 aromatic carbocycles. The zero-order chi connectivity index (χ0) is 39.3. The number of carbonyl (C=O) groups excluding carboxylic acids is 4. The smallest absolute Gasteiger partial charge is 0.245 e. The summed E-state index contributed by atoms with van der Waals surface area (Å²) in [5, 5.41) is 18.3. The summed E-state index contributed by atoms with van der Waals surface area (Å²) in [6, 6.07) is -3.74. The van der Waals surface area contributed by atoms with E-state index in [1.807, 2.05) is 0 Å². The fourth-order valence-electron chi connectivity index (χ4n) is 6.79. The summed E-state index contributed by atoms with van der Waals surface area (Å²) in [6.45, 7) is 5.27. The maximum absolute atomic E-state index is 13.7. The third-order valence-corrected chi connectivity index (χ3v) is 10.1. The van der Waals surface area contributed by atoms with Crippen molar-refractivity contribution in [1.82, 2.24) is 20.9 Å². The molecule has 0 bridgehead atoms. The molecule has 14 nitrogen and oxygen atoms in total. The molecular formula is C39H77N9O5. The van der Waals surface area contributed by atoms with Crippen LogP contribution in [0.4, 0.5) is 0 Å². The number of hydrogen-bond acceptors (Lipinski definition) is 8. The number of hydrogen-bond donors (Lipinski definition) is 8. The second-order valence-corrected chi connectivity index (χ2v) is 14.9. The Hall–Kier alpha value is -2.97. The predicted octanol–water partition coefficient (Wildman–Crippen LogP) is 3.22. The first-order valence-corrected chi connectivity index (χ1v) is 20.9. The number of nitrogens with one attached hydrogen (secondary N) is 3. The standard InChI is InChI=1S/C39H77N9O5/c1-3-4-5-6-7-8-9-10-11-12-13-14-15-16-17-20-27-44-35(50)31(24-21-28-45-39(42)43)46-36(51)33-25-22-29-48(33)38(53)32(23-18-19-26-40)47-37(52)34(41)30(2)49/h30-34,49H,3-29,40-41H2,1-2H3,(H,44,50)(H,46,51)(H,47,52)(H4,42,43,45)/t30-,31+,32+,33+,34+/m1/s1. The fourth-order valence-corrected chi connectivity index (χ4v) is 6.79. The first-order chi connectivity index (χ1) is 25.5. The Labute approximate surface area is 320 Å². The lowest BCUT2D eigenvalue weighted by Crippen LogP contribution is -2.58. The molecule has 1 saturated heterocycles. The lowest BCUT2D eigenvalue weighted by molar-refractivity contribution is -0.142. The monoisotopic (exact) mass is 752 g/mol. The molecule has 5 atom stereocenters. The Morgan fingerprint density at radius 1 is 0.755 bits per heavy atom. The molecule has 0 radical (unpaired) electrons. The highest BCUT2D eigenvalue weighted by atomic mass is 16.3. The highest BCUT2D eigenvalue weighted by Crippen LogP contribution is 2.21. The molecule has 12 N–H and O–H groups in total. The molecule has 14 heteroatoms. The van der Waals surface area contributed by atoms with Crippen LogP contribution >= 0.6 is 0 Å². The van der Waals surface area contributed by atoms with Gasteiger partial charge in [0.2, 0.25) is 23.6 Å². The van der Waals surface area contributed by atoms with Gasteiger partial charge >= 0.3 is 0 Å². The molecule has 4 amide bonds. The van der Waals surface area contributed by atoms with Gasteiger partial charge in [-0.1, -0.05) is 103 Å². The van der Waals surface area contributed by atoms with Gasteiger partial charge in [-0.2, -0.15) is 0 Å². The van der Waals surface area contributed by atoms with Crippen LogP contribution in [0.3, 0.4) is 0 Å². The van der Waals surface area contributed by atoms with E-state index in [1.54, 1.807) is 0 Å². The molecule has 1 aliphatic heterocycles. The summed E-state index contributed by atoms with van der Waals surface area (Å²) in [7, 11) is 0. The molecule has 0 aromatic heterocycles. The number of amides is 4. The first kappa shape index (κ1) is 48.0. The average molecular weight is 752 g/mol. The van der Waals surface area contributed by atoms with E-state index in [9.17, 15) is 24.3 Å². The SMILES string of the molecule is CCCCCCCCCCCCCCCCCCNC(=O)[C@H](CCCN=C(N)N)NC(=O)[C@@H]1CCCN1C(=O)[C@H](CCCCN)NC(=O)[C@@H](N)[C@@H](C)O. The quantitative estimate of drug-likeness (QED) is 0.0285. The minimum Gasteiger partial charge on any atom is -0.391 e.